The zero-order valence-electron chi connectivity index (χ0n) is 12.6. The monoisotopic (exact) mass is 310 g/mol. The van der Waals surface area contributed by atoms with Gasteiger partial charge in [0.25, 0.3) is 0 Å². The fraction of sp³-hybridized carbons (Fsp3) is 0.588. The quantitative estimate of drug-likeness (QED) is 0.730. The lowest BCUT2D eigenvalue weighted by Gasteiger charge is -2.38. The van der Waals surface area contributed by atoms with Gasteiger partial charge in [-0.3, -0.25) is 0 Å². The number of benzene rings is 1. The Morgan fingerprint density at radius 1 is 1.38 bits per heavy atom. The van der Waals surface area contributed by atoms with E-state index in [4.69, 9.17) is 16.3 Å². The molecule has 2 fully saturated rings. The first-order valence-corrected chi connectivity index (χ1v) is 7.79. The van der Waals surface area contributed by atoms with Crippen LogP contribution < -0.4 is 0 Å². The number of rotatable bonds is 2. The van der Waals surface area contributed by atoms with Crippen molar-refractivity contribution in [2.24, 2.45) is 16.7 Å². The van der Waals surface area contributed by atoms with Crippen LogP contribution in [0.15, 0.2) is 18.2 Å². The largest absolute Gasteiger partial charge is 0.458 e. The van der Waals surface area contributed by atoms with Crippen LogP contribution in [0, 0.1) is 22.6 Å². The summed E-state index contributed by atoms with van der Waals surface area (Å²) in [6.45, 7) is 6.69. The lowest BCUT2D eigenvalue weighted by atomic mass is 9.70. The molecule has 0 N–H and O–H groups in total. The van der Waals surface area contributed by atoms with Gasteiger partial charge in [-0.15, -0.1) is 0 Å². The minimum atomic E-state index is -0.625. The molecule has 0 heterocycles. The van der Waals surface area contributed by atoms with Crippen LogP contribution in [0.5, 0.6) is 0 Å². The minimum absolute atomic E-state index is 0.0176. The Balaban J connectivity index is 1.80. The molecule has 0 radical (unpaired) electrons. The zero-order valence-corrected chi connectivity index (χ0v) is 13.3. The normalized spacial score (nSPS) is 33.2. The lowest BCUT2D eigenvalue weighted by Crippen LogP contribution is -2.38. The molecule has 0 amide bonds. The molecule has 3 unspecified atom stereocenters. The number of carbonyl (C=O) groups excluding carboxylic acids is 1. The molecule has 0 aliphatic heterocycles. The zero-order chi connectivity index (χ0) is 15.4. The van der Waals surface area contributed by atoms with Gasteiger partial charge in [0.1, 0.15) is 11.9 Å². The maximum atomic E-state index is 13.8. The summed E-state index contributed by atoms with van der Waals surface area (Å²) in [5, 5.41) is 0.275. The predicted octanol–water partition coefficient (Wildman–Crippen LogP) is 4.85. The fourth-order valence-corrected chi connectivity index (χ4v) is 4.31. The van der Waals surface area contributed by atoms with Gasteiger partial charge in [-0.05, 0) is 48.8 Å². The van der Waals surface area contributed by atoms with Crippen LogP contribution in [0.1, 0.15) is 50.4 Å². The van der Waals surface area contributed by atoms with Gasteiger partial charge in [-0.2, -0.15) is 0 Å². The predicted molar refractivity (Wildman–Crippen MR) is 79.8 cm³/mol. The number of halogens is 2. The van der Waals surface area contributed by atoms with Crippen molar-refractivity contribution in [2.45, 2.75) is 46.1 Å². The standard InChI is InChI=1S/C17H20ClFO2/c1-16(2)10-6-7-17(16,3)14(8-10)21-15(20)12-5-4-11(18)9-13(12)19/h4-5,9-10,14H,6-8H2,1-3H3. The second kappa shape index (κ2) is 4.70. The molecule has 2 aliphatic carbocycles. The molecule has 3 atom stereocenters. The Morgan fingerprint density at radius 3 is 2.62 bits per heavy atom. The van der Waals surface area contributed by atoms with Crippen molar-refractivity contribution < 1.29 is 13.9 Å². The summed E-state index contributed by atoms with van der Waals surface area (Å²) >= 11 is 5.71. The molecular weight excluding hydrogens is 291 g/mol. The molecule has 0 saturated heterocycles. The Hall–Kier alpha value is -1.09. The van der Waals surface area contributed by atoms with E-state index in [1.807, 2.05) is 0 Å². The highest BCUT2D eigenvalue weighted by molar-refractivity contribution is 6.30. The molecule has 1 aromatic carbocycles. The van der Waals surface area contributed by atoms with E-state index in [1.165, 1.54) is 18.6 Å². The first-order chi connectivity index (χ1) is 9.75. The van der Waals surface area contributed by atoms with Gasteiger partial charge in [0.05, 0.1) is 5.56 Å². The number of hydrogen-bond donors (Lipinski definition) is 0. The van der Waals surface area contributed by atoms with E-state index in [0.29, 0.717) is 5.92 Å². The highest BCUT2D eigenvalue weighted by atomic mass is 35.5. The van der Waals surface area contributed by atoms with Gasteiger partial charge in [-0.25, -0.2) is 9.18 Å². The first kappa shape index (κ1) is 14.8. The van der Waals surface area contributed by atoms with Crippen molar-refractivity contribution in [3.05, 3.63) is 34.6 Å². The van der Waals surface area contributed by atoms with Crippen LogP contribution in [0.25, 0.3) is 0 Å². The number of carbonyl (C=O) groups is 1. The first-order valence-electron chi connectivity index (χ1n) is 7.42. The van der Waals surface area contributed by atoms with Crippen LogP contribution in [0.3, 0.4) is 0 Å². The second-order valence-corrected chi connectivity index (χ2v) is 7.57. The summed E-state index contributed by atoms with van der Waals surface area (Å²) in [6, 6.07) is 4.04. The van der Waals surface area contributed by atoms with E-state index in [0.717, 1.165) is 18.9 Å². The molecule has 0 aromatic heterocycles. The summed E-state index contributed by atoms with van der Waals surface area (Å²) in [5.74, 6) is -0.630. The third-order valence-corrected chi connectivity index (χ3v) is 6.35. The van der Waals surface area contributed by atoms with Gasteiger partial charge in [0.15, 0.2) is 0 Å². The number of fused-ring (bicyclic) bond motifs is 2. The third-order valence-electron chi connectivity index (χ3n) is 6.11. The minimum Gasteiger partial charge on any atom is -0.458 e. The van der Waals surface area contributed by atoms with Crippen LogP contribution in [0.2, 0.25) is 5.02 Å². The average molecular weight is 311 g/mol. The SMILES string of the molecule is CC1(C)C2CCC1(C)C(OC(=O)c1ccc(Cl)cc1F)C2. The summed E-state index contributed by atoms with van der Waals surface area (Å²) < 4.78 is 19.5. The van der Waals surface area contributed by atoms with Gasteiger partial charge in [0, 0.05) is 10.4 Å². The van der Waals surface area contributed by atoms with Gasteiger partial charge in [-0.1, -0.05) is 32.4 Å². The van der Waals surface area contributed by atoms with Gasteiger partial charge in [0.2, 0.25) is 0 Å². The van der Waals surface area contributed by atoms with E-state index in [2.05, 4.69) is 20.8 Å². The Kier molecular flexibility index (Phi) is 3.32. The van der Waals surface area contributed by atoms with E-state index < -0.39 is 11.8 Å². The van der Waals surface area contributed by atoms with Crippen LogP contribution >= 0.6 is 11.6 Å². The molecule has 0 spiro atoms. The molecule has 2 saturated carbocycles. The molecule has 2 bridgehead atoms. The maximum Gasteiger partial charge on any atom is 0.341 e. The van der Waals surface area contributed by atoms with Crippen LogP contribution in [-0.4, -0.2) is 12.1 Å². The second-order valence-electron chi connectivity index (χ2n) is 7.13. The van der Waals surface area contributed by atoms with Gasteiger partial charge < -0.3 is 4.74 Å². The van der Waals surface area contributed by atoms with E-state index in [1.54, 1.807) is 0 Å². The molecular formula is C17H20ClFO2. The third kappa shape index (κ3) is 2.09. The summed E-state index contributed by atoms with van der Waals surface area (Å²) in [5.41, 5.74) is 0.107. The molecule has 114 valence electrons. The van der Waals surface area contributed by atoms with Crippen molar-refractivity contribution in [3.63, 3.8) is 0 Å². The highest BCUT2D eigenvalue weighted by Crippen LogP contribution is 2.66. The molecule has 2 nitrogen and oxygen atoms in total. The van der Waals surface area contributed by atoms with Crippen molar-refractivity contribution in [1.29, 1.82) is 0 Å². The van der Waals surface area contributed by atoms with E-state index >= 15 is 0 Å². The highest BCUT2D eigenvalue weighted by Gasteiger charge is 2.62. The Labute approximate surface area is 129 Å². The molecule has 2 aliphatic rings. The van der Waals surface area contributed by atoms with Crippen molar-refractivity contribution in [2.75, 3.05) is 0 Å². The summed E-state index contributed by atoms with van der Waals surface area (Å²) in [6.07, 6.45) is 3.00. The van der Waals surface area contributed by atoms with Crippen molar-refractivity contribution >= 4 is 17.6 Å². The van der Waals surface area contributed by atoms with E-state index in [9.17, 15) is 9.18 Å². The topological polar surface area (TPSA) is 26.3 Å². The molecule has 3 rings (SSSR count). The lowest BCUT2D eigenvalue weighted by molar-refractivity contribution is -0.0245. The fourth-order valence-electron chi connectivity index (χ4n) is 4.16. The number of esters is 1. The molecule has 21 heavy (non-hydrogen) atoms. The summed E-state index contributed by atoms with van der Waals surface area (Å²) in [7, 11) is 0. The van der Waals surface area contributed by atoms with Crippen molar-refractivity contribution in [1.82, 2.24) is 0 Å². The smallest absolute Gasteiger partial charge is 0.341 e. The van der Waals surface area contributed by atoms with Crippen LogP contribution in [-0.2, 0) is 4.74 Å². The van der Waals surface area contributed by atoms with E-state index in [-0.39, 0.29) is 27.5 Å². The number of hydrogen-bond acceptors (Lipinski definition) is 2. The summed E-state index contributed by atoms with van der Waals surface area (Å²) in [4.78, 5) is 12.3. The van der Waals surface area contributed by atoms with Crippen LogP contribution in [0.4, 0.5) is 4.39 Å². The maximum absolute atomic E-state index is 13.8. The van der Waals surface area contributed by atoms with Gasteiger partial charge >= 0.3 is 5.97 Å². The Bertz CT molecular complexity index is 598. The van der Waals surface area contributed by atoms with Crippen molar-refractivity contribution in [3.8, 4) is 0 Å². The Morgan fingerprint density at radius 2 is 2.10 bits per heavy atom. The molecule has 4 heteroatoms. The average Bonchev–Trinajstić information content (AvgIpc) is 2.71. The molecule has 1 aromatic rings. The number of ether oxygens (including phenoxy) is 1.